The monoisotopic (exact) mass is 510 g/mol. The van der Waals surface area contributed by atoms with Crippen LogP contribution in [0.4, 0.5) is 15.6 Å². The summed E-state index contributed by atoms with van der Waals surface area (Å²) in [6.07, 6.45) is 0. The van der Waals surface area contributed by atoms with Crippen LogP contribution in [-0.4, -0.2) is 31.1 Å². The number of nitrogens with zero attached hydrogens (tertiary/aromatic N) is 1. The number of benzene rings is 3. The Bertz CT molecular complexity index is 1360. The molecule has 0 spiro atoms. The minimum absolute atomic E-state index is 0.204. The Morgan fingerprint density at radius 3 is 2.40 bits per heavy atom. The lowest BCUT2D eigenvalue weighted by atomic mass is 10.1. The molecule has 0 atom stereocenters. The van der Waals surface area contributed by atoms with Crippen molar-refractivity contribution in [2.24, 2.45) is 0 Å². The predicted molar refractivity (Wildman–Crippen MR) is 139 cm³/mol. The number of nitrogens with one attached hydrogen (secondary N) is 3. The molecule has 0 bridgehead atoms. The Hall–Kier alpha value is -3.82. The first-order valence-electron chi connectivity index (χ1n) is 10.6. The van der Waals surface area contributed by atoms with Gasteiger partial charge in [0.15, 0.2) is 5.13 Å². The molecule has 10 heteroatoms. The van der Waals surface area contributed by atoms with Crippen LogP contribution in [0, 0.1) is 6.92 Å². The summed E-state index contributed by atoms with van der Waals surface area (Å²) in [5.74, 6) is 0.944. The summed E-state index contributed by atoms with van der Waals surface area (Å²) >= 11 is 7.49. The second-order valence-electron chi connectivity index (χ2n) is 7.54. The van der Waals surface area contributed by atoms with Gasteiger partial charge in [-0.3, -0.25) is 10.1 Å². The van der Waals surface area contributed by atoms with Crippen molar-refractivity contribution >= 4 is 55.9 Å². The van der Waals surface area contributed by atoms with Crippen molar-refractivity contribution in [2.75, 3.05) is 24.9 Å². The number of aryl methyl sites for hydroxylation is 1. The number of methoxy groups -OCH3 is 2. The zero-order valence-electron chi connectivity index (χ0n) is 19.3. The van der Waals surface area contributed by atoms with E-state index in [9.17, 15) is 9.59 Å². The molecule has 0 unspecified atom stereocenters. The summed E-state index contributed by atoms with van der Waals surface area (Å²) in [4.78, 5) is 29.7. The molecular formula is C25H23ClN4O4S. The summed E-state index contributed by atoms with van der Waals surface area (Å²) in [7, 11) is 3.12. The highest BCUT2D eigenvalue weighted by Crippen LogP contribution is 2.30. The van der Waals surface area contributed by atoms with Gasteiger partial charge in [0.1, 0.15) is 11.5 Å². The average Bonchev–Trinajstić information content (AvgIpc) is 3.25. The average molecular weight is 511 g/mol. The maximum atomic E-state index is 12.8. The van der Waals surface area contributed by atoms with Crippen LogP contribution in [0.2, 0.25) is 5.02 Å². The van der Waals surface area contributed by atoms with E-state index in [1.807, 2.05) is 25.1 Å². The summed E-state index contributed by atoms with van der Waals surface area (Å²) in [6.45, 7) is 2.08. The number of aromatic nitrogens is 1. The molecule has 0 saturated carbocycles. The number of carbonyl (C=O) groups excluding carboxylic acids is 2. The fraction of sp³-hybridized carbons (Fsp3) is 0.160. The molecule has 4 rings (SSSR count). The summed E-state index contributed by atoms with van der Waals surface area (Å²) < 4.78 is 11.5. The Kier molecular flexibility index (Phi) is 7.38. The molecule has 35 heavy (non-hydrogen) atoms. The van der Waals surface area contributed by atoms with E-state index in [1.165, 1.54) is 11.3 Å². The number of hydrogen-bond donors (Lipinski definition) is 3. The van der Waals surface area contributed by atoms with E-state index in [1.54, 1.807) is 50.6 Å². The van der Waals surface area contributed by atoms with Gasteiger partial charge in [-0.15, -0.1) is 0 Å². The molecule has 0 fully saturated rings. The Labute approximate surface area is 211 Å². The van der Waals surface area contributed by atoms with Gasteiger partial charge in [-0.1, -0.05) is 41.1 Å². The number of para-hydroxylation sites is 1. The number of anilines is 2. The van der Waals surface area contributed by atoms with Crippen molar-refractivity contribution in [2.45, 2.75) is 13.5 Å². The summed E-state index contributed by atoms with van der Waals surface area (Å²) in [5, 5.41) is 9.27. The normalized spacial score (nSPS) is 10.6. The number of rotatable bonds is 7. The van der Waals surface area contributed by atoms with Crippen molar-refractivity contribution in [3.8, 4) is 11.5 Å². The van der Waals surface area contributed by atoms with E-state index in [2.05, 4.69) is 20.9 Å². The van der Waals surface area contributed by atoms with E-state index in [-0.39, 0.29) is 12.5 Å². The standard InChI is InChI=1S/C25H23ClN4O4S/c1-14-6-4-7-17(26)22(14)29-23(31)15-10-11-18-21(12-15)35-25(28-18)30-24(32)27-13-16-19(33-2)8-5-9-20(16)34-3/h4-12H,13H2,1-3H3,(H,29,31)(H2,27,28,30,32). The van der Waals surface area contributed by atoms with Crippen molar-refractivity contribution < 1.29 is 19.1 Å². The zero-order valence-corrected chi connectivity index (χ0v) is 20.8. The zero-order chi connectivity index (χ0) is 24.9. The van der Waals surface area contributed by atoms with Crippen LogP contribution in [0.15, 0.2) is 54.6 Å². The van der Waals surface area contributed by atoms with Crippen LogP contribution in [0.25, 0.3) is 10.2 Å². The third kappa shape index (κ3) is 5.47. The van der Waals surface area contributed by atoms with Crippen LogP contribution in [0.3, 0.4) is 0 Å². The van der Waals surface area contributed by atoms with Crippen molar-refractivity contribution in [3.63, 3.8) is 0 Å². The smallest absolute Gasteiger partial charge is 0.321 e. The molecule has 3 N–H and O–H groups in total. The van der Waals surface area contributed by atoms with Gasteiger partial charge in [0.2, 0.25) is 0 Å². The predicted octanol–water partition coefficient (Wildman–Crippen LogP) is 5.85. The molecule has 4 aromatic rings. The quantitative estimate of drug-likeness (QED) is 0.289. The summed E-state index contributed by atoms with van der Waals surface area (Å²) in [5.41, 5.74) is 3.30. The molecule has 0 aliphatic rings. The van der Waals surface area contributed by atoms with Gasteiger partial charge >= 0.3 is 6.03 Å². The number of carbonyl (C=O) groups is 2. The van der Waals surface area contributed by atoms with Crippen LogP contribution >= 0.6 is 22.9 Å². The van der Waals surface area contributed by atoms with E-state index < -0.39 is 6.03 Å². The van der Waals surface area contributed by atoms with Crippen LogP contribution < -0.4 is 25.4 Å². The molecular weight excluding hydrogens is 488 g/mol. The fourth-order valence-electron chi connectivity index (χ4n) is 3.51. The Balaban J connectivity index is 1.44. The SMILES string of the molecule is COc1cccc(OC)c1CNC(=O)Nc1nc2ccc(C(=O)Nc3c(C)cccc3Cl)cc2s1. The van der Waals surface area contributed by atoms with Gasteiger partial charge in [0.25, 0.3) is 5.91 Å². The van der Waals surface area contributed by atoms with Crippen LogP contribution in [0.1, 0.15) is 21.5 Å². The van der Waals surface area contributed by atoms with E-state index in [0.29, 0.717) is 38.4 Å². The van der Waals surface area contributed by atoms with Gasteiger partial charge in [-0.2, -0.15) is 0 Å². The molecule has 180 valence electrons. The number of fused-ring (bicyclic) bond motifs is 1. The van der Waals surface area contributed by atoms with Crippen molar-refractivity contribution in [1.29, 1.82) is 0 Å². The largest absolute Gasteiger partial charge is 0.496 e. The highest BCUT2D eigenvalue weighted by Gasteiger charge is 2.15. The maximum absolute atomic E-state index is 12.8. The highest BCUT2D eigenvalue weighted by molar-refractivity contribution is 7.22. The second-order valence-corrected chi connectivity index (χ2v) is 8.97. The summed E-state index contributed by atoms with van der Waals surface area (Å²) in [6, 6.07) is 15.6. The van der Waals surface area contributed by atoms with E-state index in [4.69, 9.17) is 21.1 Å². The lowest BCUT2D eigenvalue weighted by Crippen LogP contribution is -2.28. The van der Waals surface area contributed by atoms with Gasteiger partial charge in [0.05, 0.1) is 47.3 Å². The molecule has 1 aromatic heterocycles. The first-order chi connectivity index (χ1) is 16.9. The third-order valence-electron chi connectivity index (χ3n) is 5.29. The fourth-order valence-corrected chi connectivity index (χ4v) is 4.68. The molecule has 8 nitrogen and oxygen atoms in total. The number of hydrogen-bond acceptors (Lipinski definition) is 6. The van der Waals surface area contributed by atoms with E-state index in [0.717, 1.165) is 15.8 Å². The lowest BCUT2D eigenvalue weighted by molar-refractivity contribution is 0.102. The molecule has 0 radical (unpaired) electrons. The van der Waals surface area contributed by atoms with Gasteiger partial charge < -0.3 is 20.1 Å². The number of thiazole rings is 1. The van der Waals surface area contributed by atoms with Crippen LogP contribution in [0.5, 0.6) is 11.5 Å². The van der Waals surface area contributed by atoms with Gasteiger partial charge in [0, 0.05) is 5.56 Å². The molecule has 0 saturated heterocycles. The molecule has 0 aliphatic heterocycles. The second kappa shape index (κ2) is 10.6. The Morgan fingerprint density at radius 2 is 1.71 bits per heavy atom. The minimum Gasteiger partial charge on any atom is -0.496 e. The van der Waals surface area contributed by atoms with E-state index >= 15 is 0 Å². The maximum Gasteiger partial charge on any atom is 0.321 e. The lowest BCUT2D eigenvalue weighted by Gasteiger charge is -2.13. The van der Waals surface area contributed by atoms with Crippen molar-refractivity contribution in [3.05, 3.63) is 76.3 Å². The minimum atomic E-state index is -0.427. The van der Waals surface area contributed by atoms with Crippen LogP contribution in [-0.2, 0) is 6.54 Å². The number of amides is 3. The topological polar surface area (TPSA) is 102 Å². The third-order valence-corrected chi connectivity index (χ3v) is 6.54. The van der Waals surface area contributed by atoms with Gasteiger partial charge in [-0.25, -0.2) is 9.78 Å². The highest BCUT2D eigenvalue weighted by atomic mass is 35.5. The first-order valence-corrected chi connectivity index (χ1v) is 11.8. The van der Waals surface area contributed by atoms with Crippen molar-refractivity contribution in [1.82, 2.24) is 10.3 Å². The van der Waals surface area contributed by atoms with Gasteiger partial charge in [-0.05, 0) is 48.9 Å². The first kappa shape index (κ1) is 24.3. The number of halogens is 1. The molecule has 1 heterocycles. The number of ether oxygens (including phenoxy) is 2. The molecule has 3 aromatic carbocycles. The Morgan fingerprint density at radius 1 is 1.00 bits per heavy atom. The number of urea groups is 1. The molecule has 3 amide bonds. The molecule has 0 aliphatic carbocycles.